The van der Waals surface area contributed by atoms with Crippen molar-refractivity contribution < 1.29 is 0 Å². The van der Waals surface area contributed by atoms with E-state index in [1.54, 1.807) is 0 Å². The second-order valence-electron chi connectivity index (χ2n) is 4.41. The molecule has 5 nitrogen and oxygen atoms in total. The van der Waals surface area contributed by atoms with E-state index in [0.717, 1.165) is 27.6 Å². The molecule has 0 bridgehead atoms. The molecular formula is C14H12BrN5. The van der Waals surface area contributed by atoms with E-state index in [1.807, 2.05) is 46.7 Å². The van der Waals surface area contributed by atoms with Gasteiger partial charge in [-0.05, 0) is 35.0 Å². The molecule has 3 rings (SSSR count). The monoisotopic (exact) mass is 329 g/mol. The molecule has 0 aliphatic rings. The van der Waals surface area contributed by atoms with Gasteiger partial charge in [0.25, 0.3) is 0 Å². The molecule has 0 N–H and O–H groups in total. The summed E-state index contributed by atoms with van der Waals surface area (Å²) < 4.78 is 4.65. The Labute approximate surface area is 124 Å². The summed E-state index contributed by atoms with van der Waals surface area (Å²) >= 11 is 3.51. The summed E-state index contributed by atoms with van der Waals surface area (Å²) in [6.07, 6.45) is 1.95. The number of nitriles is 1. The summed E-state index contributed by atoms with van der Waals surface area (Å²) in [5.74, 6) is 0. The number of nitrogens with zero attached hydrogens (tertiary/aromatic N) is 5. The lowest BCUT2D eigenvalue weighted by atomic mass is 10.2. The molecule has 0 amide bonds. The lowest BCUT2D eigenvalue weighted by Crippen LogP contribution is -2.04. The van der Waals surface area contributed by atoms with Gasteiger partial charge >= 0.3 is 0 Å². The average molecular weight is 330 g/mol. The van der Waals surface area contributed by atoms with Crippen LogP contribution in [0.15, 0.2) is 34.9 Å². The fourth-order valence-corrected chi connectivity index (χ4v) is 2.62. The zero-order valence-electron chi connectivity index (χ0n) is 10.9. The third-order valence-corrected chi connectivity index (χ3v) is 3.84. The van der Waals surface area contributed by atoms with Gasteiger partial charge in [-0.1, -0.05) is 12.1 Å². The molecule has 100 valence electrons. The first-order chi connectivity index (χ1) is 9.72. The van der Waals surface area contributed by atoms with E-state index in [9.17, 15) is 0 Å². The first-order valence-corrected chi connectivity index (χ1v) is 7.09. The van der Waals surface area contributed by atoms with Crippen LogP contribution in [0.3, 0.4) is 0 Å². The van der Waals surface area contributed by atoms with Gasteiger partial charge in [-0.25, -0.2) is 0 Å². The maximum atomic E-state index is 9.16. The molecule has 1 aromatic carbocycles. The van der Waals surface area contributed by atoms with E-state index in [-0.39, 0.29) is 0 Å². The molecule has 0 aliphatic heterocycles. The molecule has 2 aromatic heterocycles. The minimum Gasteiger partial charge on any atom is -0.272 e. The lowest BCUT2D eigenvalue weighted by molar-refractivity contribution is 0.623. The average Bonchev–Trinajstić information content (AvgIpc) is 3.01. The number of para-hydroxylation sites is 1. The maximum absolute atomic E-state index is 9.16. The van der Waals surface area contributed by atoms with Crippen molar-refractivity contribution in [2.75, 3.05) is 0 Å². The Morgan fingerprint density at radius 1 is 1.30 bits per heavy atom. The fourth-order valence-electron chi connectivity index (χ4n) is 2.18. The van der Waals surface area contributed by atoms with Crippen LogP contribution in [-0.4, -0.2) is 19.6 Å². The minimum atomic E-state index is 0.451. The van der Waals surface area contributed by atoms with E-state index >= 15 is 0 Å². The molecule has 0 fully saturated rings. The Morgan fingerprint density at radius 2 is 2.10 bits per heavy atom. The Morgan fingerprint density at radius 3 is 2.80 bits per heavy atom. The first kappa shape index (κ1) is 12.9. The summed E-state index contributed by atoms with van der Waals surface area (Å²) in [4.78, 5) is 0. The molecule has 0 radical (unpaired) electrons. The molecule has 6 heteroatoms. The summed E-state index contributed by atoms with van der Waals surface area (Å²) in [5.41, 5.74) is 2.30. The van der Waals surface area contributed by atoms with Crippen LogP contribution in [0, 0.1) is 11.3 Å². The minimum absolute atomic E-state index is 0.451. The Balaban J connectivity index is 2.07. The zero-order chi connectivity index (χ0) is 14.1. The van der Waals surface area contributed by atoms with Gasteiger partial charge in [-0.3, -0.25) is 9.36 Å². The second-order valence-corrected chi connectivity index (χ2v) is 5.27. The number of hydrogen-bond acceptors (Lipinski definition) is 3. The molecular weight excluding hydrogens is 318 g/mol. The Bertz CT molecular complexity index is 809. The normalized spacial score (nSPS) is 10.8. The van der Waals surface area contributed by atoms with Crippen molar-refractivity contribution in [2.45, 2.75) is 20.0 Å². The molecule has 20 heavy (non-hydrogen) atoms. The van der Waals surface area contributed by atoms with Crippen molar-refractivity contribution in [3.8, 4) is 6.07 Å². The number of hydrogen-bond donors (Lipinski definition) is 0. The van der Waals surface area contributed by atoms with Gasteiger partial charge in [-0.15, -0.1) is 0 Å². The highest BCUT2D eigenvalue weighted by Gasteiger charge is 2.13. The van der Waals surface area contributed by atoms with Crippen LogP contribution in [0.5, 0.6) is 0 Å². The summed E-state index contributed by atoms with van der Waals surface area (Å²) in [5, 5.41) is 18.9. The highest BCUT2D eigenvalue weighted by molar-refractivity contribution is 9.10. The van der Waals surface area contributed by atoms with Crippen LogP contribution in [0.1, 0.15) is 18.3 Å². The lowest BCUT2D eigenvalue weighted by Gasteiger charge is -2.01. The fraction of sp³-hybridized carbons (Fsp3) is 0.214. The van der Waals surface area contributed by atoms with Gasteiger partial charge in [0.1, 0.15) is 6.07 Å². The molecule has 0 saturated carbocycles. The summed E-state index contributed by atoms with van der Waals surface area (Å²) in [6, 6.07) is 9.88. The van der Waals surface area contributed by atoms with Crippen LogP contribution >= 0.6 is 15.9 Å². The Kier molecular flexibility index (Phi) is 3.28. The number of rotatable bonds is 3. The molecule has 2 heterocycles. The topological polar surface area (TPSA) is 59.4 Å². The van der Waals surface area contributed by atoms with Gasteiger partial charge in [0.15, 0.2) is 5.69 Å². The van der Waals surface area contributed by atoms with E-state index in [4.69, 9.17) is 5.26 Å². The van der Waals surface area contributed by atoms with Crippen LogP contribution in [0.25, 0.3) is 10.9 Å². The maximum Gasteiger partial charge on any atom is 0.170 e. The highest BCUT2D eigenvalue weighted by Crippen LogP contribution is 2.21. The van der Waals surface area contributed by atoms with E-state index in [1.165, 1.54) is 0 Å². The number of halogens is 1. The van der Waals surface area contributed by atoms with Crippen molar-refractivity contribution in [3.05, 3.63) is 46.3 Å². The van der Waals surface area contributed by atoms with Gasteiger partial charge in [-0.2, -0.15) is 15.5 Å². The predicted molar refractivity (Wildman–Crippen MR) is 79.2 cm³/mol. The van der Waals surface area contributed by atoms with Crippen molar-refractivity contribution in [1.82, 2.24) is 19.6 Å². The van der Waals surface area contributed by atoms with Crippen LogP contribution in [0.2, 0.25) is 0 Å². The number of aromatic nitrogens is 4. The van der Waals surface area contributed by atoms with Crippen molar-refractivity contribution >= 4 is 26.8 Å². The van der Waals surface area contributed by atoms with E-state index in [2.05, 4.69) is 32.2 Å². The standard InChI is InChI=1S/C14H12BrN5/c1-2-19-8-11(15)13(17-19)9-20-14-6-4-3-5-10(14)12(7-16)18-20/h3-6,8H,2,9H2,1H3. The third kappa shape index (κ3) is 2.10. The number of benzene rings is 1. The molecule has 0 spiro atoms. The van der Waals surface area contributed by atoms with Gasteiger partial charge in [0.2, 0.25) is 0 Å². The van der Waals surface area contributed by atoms with Gasteiger partial charge < -0.3 is 0 Å². The van der Waals surface area contributed by atoms with E-state index < -0.39 is 0 Å². The Hall–Kier alpha value is -2.13. The van der Waals surface area contributed by atoms with Gasteiger partial charge in [0.05, 0.1) is 22.2 Å². The van der Waals surface area contributed by atoms with Crippen LogP contribution in [0.4, 0.5) is 0 Å². The highest BCUT2D eigenvalue weighted by atomic mass is 79.9. The predicted octanol–water partition coefficient (Wildman–Crippen LogP) is 2.94. The molecule has 0 unspecified atom stereocenters. The zero-order valence-corrected chi connectivity index (χ0v) is 12.5. The molecule has 0 aliphatic carbocycles. The SMILES string of the molecule is CCn1cc(Br)c(Cn2nc(C#N)c3ccccc32)n1. The van der Waals surface area contributed by atoms with Crippen molar-refractivity contribution in [1.29, 1.82) is 5.26 Å². The summed E-state index contributed by atoms with van der Waals surface area (Å²) in [7, 11) is 0. The smallest absolute Gasteiger partial charge is 0.170 e. The third-order valence-electron chi connectivity index (χ3n) is 3.17. The largest absolute Gasteiger partial charge is 0.272 e. The quantitative estimate of drug-likeness (QED) is 0.742. The van der Waals surface area contributed by atoms with Gasteiger partial charge in [0, 0.05) is 18.1 Å². The second kappa shape index (κ2) is 5.10. The number of fused-ring (bicyclic) bond motifs is 1. The van der Waals surface area contributed by atoms with Crippen LogP contribution < -0.4 is 0 Å². The van der Waals surface area contributed by atoms with Crippen LogP contribution in [-0.2, 0) is 13.1 Å². The molecule has 0 saturated heterocycles. The van der Waals surface area contributed by atoms with Crippen molar-refractivity contribution in [2.24, 2.45) is 0 Å². The summed E-state index contributed by atoms with van der Waals surface area (Å²) in [6.45, 7) is 3.40. The van der Waals surface area contributed by atoms with E-state index in [0.29, 0.717) is 12.2 Å². The molecule has 0 atom stereocenters. The number of aryl methyl sites for hydroxylation is 1. The molecule has 3 aromatic rings. The first-order valence-electron chi connectivity index (χ1n) is 6.30. The van der Waals surface area contributed by atoms with Crippen molar-refractivity contribution in [3.63, 3.8) is 0 Å².